The van der Waals surface area contributed by atoms with Gasteiger partial charge in [-0.3, -0.25) is 0 Å². The van der Waals surface area contributed by atoms with Gasteiger partial charge in [-0.2, -0.15) is 0 Å². The van der Waals surface area contributed by atoms with Crippen LogP contribution in [0.15, 0.2) is 12.2 Å². The molecule has 4 rings (SSSR count). The third-order valence-corrected chi connectivity index (χ3v) is 7.28. The Hall–Kier alpha value is -1.32. The maximum absolute atomic E-state index is 12.0. The number of rotatable bonds is 13. The van der Waals surface area contributed by atoms with Crippen LogP contribution in [-0.4, -0.2) is 25.2 Å². The van der Waals surface area contributed by atoms with Gasteiger partial charge in [-0.25, -0.2) is 9.59 Å². The van der Waals surface area contributed by atoms with Gasteiger partial charge in [0.2, 0.25) is 0 Å². The van der Waals surface area contributed by atoms with Crippen LogP contribution in [0.2, 0.25) is 0 Å². The zero-order chi connectivity index (χ0) is 20.5. The normalized spacial score (nSPS) is 30.0. The molecule has 0 radical (unpaired) electrons. The fourth-order valence-electron chi connectivity index (χ4n) is 6.33. The lowest BCUT2D eigenvalue weighted by Gasteiger charge is -2.56. The predicted octanol–water partition coefficient (Wildman–Crippen LogP) is 5.99. The first kappa shape index (κ1) is 22.4. The highest BCUT2D eigenvalue weighted by atomic mass is 16.5. The molecular weight excluding hydrogens is 364 g/mol. The molecule has 0 aromatic rings. The summed E-state index contributed by atoms with van der Waals surface area (Å²) in [6, 6.07) is 0. The van der Waals surface area contributed by atoms with Crippen molar-refractivity contribution in [2.24, 2.45) is 23.2 Å². The molecule has 0 unspecified atom stereocenters. The van der Waals surface area contributed by atoms with Gasteiger partial charge >= 0.3 is 11.9 Å². The van der Waals surface area contributed by atoms with E-state index in [2.05, 4.69) is 6.92 Å². The lowest BCUT2D eigenvalue weighted by Crippen LogP contribution is -2.48. The lowest BCUT2D eigenvalue weighted by molar-refractivity contribution is -0.150. The molecule has 29 heavy (non-hydrogen) atoms. The Morgan fingerprint density at radius 1 is 0.759 bits per heavy atom. The van der Waals surface area contributed by atoms with Crippen LogP contribution >= 0.6 is 0 Å². The summed E-state index contributed by atoms with van der Waals surface area (Å²) in [7, 11) is 0. The van der Waals surface area contributed by atoms with E-state index < -0.39 is 11.9 Å². The first-order valence-electron chi connectivity index (χ1n) is 12.1. The Kier molecular flexibility index (Phi) is 8.62. The van der Waals surface area contributed by atoms with Crippen molar-refractivity contribution in [3.63, 3.8) is 0 Å². The fraction of sp³-hybridized carbons (Fsp3) is 0.840. The number of hydrogen-bond acceptors (Lipinski definition) is 4. The highest BCUT2D eigenvalue weighted by Crippen LogP contribution is 2.60. The Balaban J connectivity index is 1.24. The number of hydrogen-bond donors (Lipinski definition) is 0. The summed E-state index contributed by atoms with van der Waals surface area (Å²) in [4.78, 5) is 23.8. The number of unbranched alkanes of at least 4 members (excludes halogenated alkanes) is 7. The Labute approximate surface area is 176 Å². The maximum Gasteiger partial charge on any atom is 0.331 e. The number of esters is 2. The first-order chi connectivity index (χ1) is 14.1. The van der Waals surface area contributed by atoms with E-state index in [1.165, 1.54) is 89.2 Å². The quantitative estimate of drug-likeness (QED) is 0.215. The second-order valence-corrected chi connectivity index (χ2v) is 10.0. The van der Waals surface area contributed by atoms with Crippen LogP contribution in [0.25, 0.3) is 0 Å². The number of carbonyl (C=O) groups excluding carboxylic acids is 2. The zero-order valence-corrected chi connectivity index (χ0v) is 18.3. The zero-order valence-electron chi connectivity index (χ0n) is 18.3. The van der Waals surface area contributed by atoms with Crippen molar-refractivity contribution < 1.29 is 19.1 Å². The average molecular weight is 405 g/mol. The molecule has 0 aliphatic heterocycles. The molecule has 0 N–H and O–H groups in total. The molecule has 0 atom stereocenters. The van der Waals surface area contributed by atoms with Crippen LogP contribution in [0.4, 0.5) is 0 Å². The summed E-state index contributed by atoms with van der Waals surface area (Å²) in [5, 5.41) is 0. The molecule has 0 heterocycles. The fourth-order valence-corrected chi connectivity index (χ4v) is 6.33. The van der Waals surface area contributed by atoms with Crippen LogP contribution in [0.5, 0.6) is 0 Å². The van der Waals surface area contributed by atoms with Gasteiger partial charge in [-0.15, -0.1) is 0 Å². The molecule has 0 spiro atoms. The number of ether oxygens (including phenoxy) is 2. The Bertz CT molecular complexity index is 530. The second kappa shape index (κ2) is 11.2. The smallest absolute Gasteiger partial charge is 0.331 e. The maximum atomic E-state index is 12.0. The molecule has 0 amide bonds. The predicted molar refractivity (Wildman–Crippen MR) is 114 cm³/mol. The third kappa shape index (κ3) is 7.15. The second-order valence-electron chi connectivity index (χ2n) is 10.0. The van der Waals surface area contributed by atoms with Crippen molar-refractivity contribution in [3.8, 4) is 0 Å². The molecule has 4 aliphatic carbocycles. The summed E-state index contributed by atoms with van der Waals surface area (Å²) >= 11 is 0. The molecule has 164 valence electrons. The lowest BCUT2D eigenvalue weighted by atomic mass is 9.50. The SMILES string of the molecule is CCCCCCCCCCOC(=O)/C=C/C(=O)OCC12CC3CC(CC(C3)C1)C2. The molecular formula is C25H40O4. The molecule has 0 aromatic carbocycles. The monoisotopic (exact) mass is 404 g/mol. The standard InChI is InChI=1S/C25H40O4/c1-2-3-4-5-6-7-8-9-12-28-23(26)10-11-24(27)29-19-25-16-20-13-21(17-25)15-22(14-20)18-25/h10-11,20-22H,2-9,12-19H2,1H3/b11-10+. The van der Waals surface area contributed by atoms with E-state index in [-0.39, 0.29) is 5.41 Å². The van der Waals surface area contributed by atoms with Gasteiger partial charge in [0.1, 0.15) is 0 Å². The topological polar surface area (TPSA) is 52.6 Å². The third-order valence-electron chi connectivity index (χ3n) is 7.28. The van der Waals surface area contributed by atoms with Crippen LogP contribution in [0.1, 0.15) is 96.8 Å². The van der Waals surface area contributed by atoms with E-state index >= 15 is 0 Å². The van der Waals surface area contributed by atoms with Gasteiger partial charge in [0.05, 0.1) is 13.2 Å². The molecule has 4 bridgehead atoms. The van der Waals surface area contributed by atoms with Gasteiger partial charge < -0.3 is 9.47 Å². The van der Waals surface area contributed by atoms with Crippen molar-refractivity contribution in [2.75, 3.05) is 13.2 Å². The average Bonchev–Trinajstić information content (AvgIpc) is 2.68. The van der Waals surface area contributed by atoms with Crippen molar-refractivity contribution in [1.29, 1.82) is 0 Å². The van der Waals surface area contributed by atoms with Gasteiger partial charge in [0.15, 0.2) is 0 Å². The molecule has 4 saturated carbocycles. The largest absolute Gasteiger partial charge is 0.463 e. The summed E-state index contributed by atoms with van der Waals surface area (Å²) in [5.74, 6) is 1.69. The molecule has 0 aromatic heterocycles. The van der Waals surface area contributed by atoms with Crippen LogP contribution in [0.3, 0.4) is 0 Å². The van der Waals surface area contributed by atoms with Gasteiger partial charge in [-0.05, 0) is 62.7 Å². The van der Waals surface area contributed by atoms with Crippen LogP contribution in [0, 0.1) is 23.2 Å². The molecule has 4 aliphatic rings. The molecule has 4 fully saturated rings. The van der Waals surface area contributed by atoms with Crippen LogP contribution < -0.4 is 0 Å². The van der Waals surface area contributed by atoms with Crippen molar-refractivity contribution in [3.05, 3.63) is 12.2 Å². The highest BCUT2D eigenvalue weighted by Gasteiger charge is 2.51. The summed E-state index contributed by atoms with van der Waals surface area (Å²) in [5.41, 5.74) is 0.218. The first-order valence-corrected chi connectivity index (χ1v) is 12.1. The van der Waals surface area contributed by atoms with E-state index in [0.29, 0.717) is 13.2 Å². The minimum Gasteiger partial charge on any atom is -0.463 e. The van der Waals surface area contributed by atoms with E-state index in [1.807, 2.05) is 0 Å². The minimum atomic E-state index is -0.445. The molecule has 4 heteroatoms. The van der Waals surface area contributed by atoms with E-state index in [4.69, 9.17) is 9.47 Å². The van der Waals surface area contributed by atoms with Crippen molar-refractivity contribution in [1.82, 2.24) is 0 Å². The van der Waals surface area contributed by atoms with Gasteiger partial charge in [0.25, 0.3) is 0 Å². The van der Waals surface area contributed by atoms with Crippen LogP contribution in [-0.2, 0) is 19.1 Å². The van der Waals surface area contributed by atoms with Crippen molar-refractivity contribution in [2.45, 2.75) is 96.8 Å². The molecule has 0 saturated heterocycles. The summed E-state index contributed by atoms with van der Waals surface area (Å²) in [6.45, 7) is 3.18. The van der Waals surface area contributed by atoms with Crippen molar-refractivity contribution >= 4 is 11.9 Å². The van der Waals surface area contributed by atoms with E-state index in [1.54, 1.807) is 0 Å². The Morgan fingerprint density at radius 3 is 1.79 bits per heavy atom. The summed E-state index contributed by atoms with van der Waals surface area (Å²) < 4.78 is 10.7. The highest BCUT2D eigenvalue weighted by molar-refractivity contribution is 5.91. The molecule has 4 nitrogen and oxygen atoms in total. The minimum absolute atomic E-state index is 0.218. The Morgan fingerprint density at radius 2 is 1.24 bits per heavy atom. The number of carbonyl (C=O) groups is 2. The van der Waals surface area contributed by atoms with E-state index in [9.17, 15) is 9.59 Å². The van der Waals surface area contributed by atoms with Gasteiger partial charge in [0, 0.05) is 17.6 Å². The summed E-state index contributed by atoms with van der Waals surface area (Å²) in [6.07, 6.45) is 20.0. The van der Waals surface area contributed by atoms with E-state index in [0.717, 1.165) is 30.6 Å². The van der Waals surface area contributed by atoms with Gasteiger partial charge in [-0.1, -0.05) is 51.9 Å².